The molecule has 0 atom stereocenters. The van der Waals surface area contributed by atoms with Gasteiger partial charge in [-0.05, 0) is 32.0 Å². The maximum atomic E-state index is 12.9. The predicted molar refractivity (Wildman–Crippen MR) is 69.0 cm³/mol. The molecule has 1 rings (SSSR count). The molecule has 0 bridgehead atoms. The smallest absolute Gasteiger partial charge is 0.243 e. The molecule has 1 aromatic rings. The van der Waals surface area contributed by atoms with Crippen LogP contribution in [-0.4, -0.2) is 19.9 Å². The molecule has 0 heterocycles. The van der Waals surface area contributed by atoms with Gasteiger partial charge in [-0.2, -0.15) is 0 Å². The molecule has 1 amide bonds. The number of carbonyl (C=O) groups excluding carboxylic acids is 1. The lowest BCUT2D eigenvalue weighted by Crippen LogP contribution is -2.46. The van der Waals surface area contributed by atoms with E-state index in [1.54, 1.807) is 0 Å². The van der Waals surface area contributed by atoms with Crippen molar-refractivity contribution in [2.45, 2.75) is 30.7 Å². The van der Waals surface area contributed by atoms with Gasteiger partial charge in [0, 0.05) is 12.0 Å². The number of nitrogens with one attached hydrogen (secondary N) is 1. The maximum absolute atomic E-state index is 12.9. The van der Waals surface area contributed by atoms with Gasteiger partial charge in [-0.3, -0.25) is 4.79 Å². The third-order valence-electron chi connectivity index (χ3n) is 2.29. The van der Waals surface area contributed by atoms with Crippen LogP contribution in [0.1, 0.15) is 20.3 Å². The molecule has 106 valence electrons. The number of amides is 1. The summed E-state index contributed by atoms with van der Waals surface area (Å²) in [5.41, 5.74) is 9.24. The number of benzene rings is 1. The first kappa shape index (κ1) is 15.4. The van der Waals surface area contributed by atoms with E-state index in [2.05, 4.69) is 4.72 Å². The number of hydrogen-bond donors (Lipinski definition) is 3. The van der Waals surface area contributed by atoms with Gasteiger partial charge in [0.25, 0.3) is 0 Å². The summed E-state index contributed by atoms with van der Waals surface area (Å²) >= 11 is 0. The summed E-state index contributed by atoms with van der Waals surface area (Å²) in [6, 6.07) is 2.97. The lowest BCUT2D eigenvalue weighted by Gasteiger charge is -2.24. The Balaban J connectivity index is 3.08. The summed E-state index contributed by atoms with van der Waals surface area (Å²) < 4.78 is 39.4. The van der Waals surface area contributed by atoms with E-state index in [0.29, 0.717) is 0 Å². The van der Waals surface area contributed by atoms with Crippen LogP contribution in [0.2, 0.25) is 0 Å². The SMILES string of the molecule is CC(C)(CC(N)=O)NS(=O)(=O)c1ccc(F)cc1N. The topological polar surface area (TPSA) is 115 Å². The number of hydrogen-bond acceptors (Lipinski definition) is 4. The standard InChI is InChI=1S/C11H16FN3O3S/c1-11(2,6-10(14)16)15-19(17,18)9-4-3-7(12)5-8(9)13/h3-5,15H,6,13H2,1-2H3,(H2,14,16). The third kappa shape index (κ3) is 4.18. The lowest BCUT2D eigenvalue weighted by atomic mass is 10.0. The van der Waals surface area contributed by atoms with E-state index in [1.807, 2.05) is 0 Å². The summed E-state index contributed by atoms with van der Waals surface area (Å²) in [7, 11) is -3.96. The van der Waals surface area contributed by atoms with E-state index in [0.717, 1.165) is 18.2 Å². The van der Waals surface area contributed by atoms with Crippen molar-refractivity contribution in [1.29, 1.82) is 0 Å². The summed E-state index contributed by atoms with van der Waals surface area (Å²) in [6.45, 7) is 3.02. The molecule has 0 spiro atoms. The average molecular weight is 289 g/mol. The molecule has 0 saturated heterocycles. The van der Waals surface area contributed by atoms with Crippen molar-refractivity contribution in [3.8, 4) is 0 Å². The fraction of sp³-hybridized carbons (Fsp3) is 0.364. The van der Waals surface area contributed by atoms with Crippen LogP contribution in [0, 0.1) is 5.82 Å². The van der Waals surface area contributed by atoms with E-state index in [9.17, 15) is 17.6 Å². The minimum atomic E-state index is -3.96. The zero-order valence-corrected chi connectivity index (χ0v) is 11.4. The van der Waals surface area contributed by atoms with Gasteiger partial charge < -0.3 is 11.5 Å². The number of nitrogen functional groups attached to an aromatic ring is 1. The van der Waals surface area contributed by atoms with Crippen LogP contribution in [0.25, 0.3) is 0 Å². The monoisotopic (exact) mass is 289 g/mol. The van der Waals surface area contributed by atoms with Crippen molar-refractivity contribution in [2.24, 2.45) is 5.73 Å². The highest BCUT2D eigenvalue weighted by molar-refractivity contribution is 7.89. The summed E-state index contributed by atoms with van der Waals surface area (Å²) in [5, 5.41) is 0. The van der Waals surface area contributed by atoms with E-state index >= 15 is 0 Å². The molecule has 0 fully saturated rings. The Morgan fingerprint density at radius 1 is 1.42 bits per heavy atom. The lowest BCUT2D eigenvalue weighted by molar-refractivity contribution is -0.119. The van der Waals surface area contributed by atoms with Gasteiger partial charge in [0.05, 0.1) is 5.69 Å². The Morgan fingerprint density at radius 3 is 2.47 bits per heavy atom. The Kier molecular flexibility index (Phi) is 4.16. The highest BCUT2D eigenvalue weighted by atomic mass is 32.2. The fourth-order valence-electron chi connectivity index (χ4n) is 1.65. The third-order valence-corrected chi connectivity index (χ3v) is 4.06. The van der Waals surface area contributed by atoms with Gasteiger partial charge in [0.15, 0.2) is 0 Å². The molecule has 6 nitrogen and oxygen atoms in total. The van der Waals surface area contributed by atoms with Crippen molar-refractivity contribution in [3.05, 3.63) is 24.0 Å². The van der Waals surface area contributed by atoms with Gasteiger partial charge in [-0.1, -0.05) is 0 Å². The summed E-state index contributed by atoms with van der Waals surface area (Å²) in [6.07, 6.45) is -0.173. The van der Waals surface area contributed by atoms with Crippen LogP contribution < -0.4 is 16.2 Å². The van der Waals surface area contributed by atoms with Gasteiger partial charge in [0.1, 0.15) is 10.7 Å². The number of anilines is 1. The largest absolute Gasteiger partial charge is 0.398 e. The van der Waals surface area contributed by atoms with Crippen molar-refractivity contribution >= 4 is 21.6 Å². The zero-order chi connectivity index (χ0) is 14.8. The molecule has 0 aliphatic carbocycles. The fourth-order valence-corrected chi connectivity index (χ4v) is 3.18. The molecule has 0 saturated carbocycles. The molecular formula is C11H16FN3O3S. The van der Waals surface area contributed by atoms with E-state index < -0.39 is 27.3 Å². The second-order valence-corrected chi connectivity index (χ2v) is 6.47. The van der Waals surface area contributed by atoms with Crippen molar-refractivity contribution < 1.29 is 17.6 Å². The number of primary amides is 1. The summed E-state index contributed by atoms with van der Waals surface area (Å²) in [5.74, 6) is -1.27. The highest BCUT2D eigenvalue weighted by Crippen LogP contribution is 2.21. The minimum Gasteiger partial charge on any atom is -0.398 e. The number of rotatable bonds is 5. The average Bonchev–Trinajstić information content (AvgIpc) is 2.11. The first-order valence-electron chi connectivity index (χ1n) is 5.41. The van der Waals surface area contributed by atoms with Gasteiger partial charge in [-0.15, -0.1) is 0 Å². The molecule has 0 aliphatic heterocycles. The Labute approximate surface area is 111 Å². The molecule has 5 N–H and O–H groups in total. The number of halogens is 1. The highest BCUT2D eigenvalue weighted by Gasteiger charge is 2.29. The van der Waals surface area contributed by atoms with Crippen molar-refractivity contribution in [3.63, 3.8) is 0 Å². The molecule has 0 radical (unpaired) electrons. The number of sulfonamides is 1. The van der Waals surface area contributed by atoms with E-state index in [-0.39, 0.29) is 17.0 Å². The Hall–Kier alpha value is -1.67. The number of carbonyl (C=O) groups is 1. The molecule has 8 heteroatoms. The van der Waals surface area contributed by atoms with Gasteiger partial charge >= 0.3 is 0 Å². The van der Waals surface area contributed by atoms with Gasteiger partial charge in [-0.25, -0.2) is 17.5 Å². The first-order valence-corrected chi connectivity index (χ1v) is 6.89. The Bertz CT molecular complexity index is 599. The van der Waals surface area contributed by atoms with Crippen LogP contribution in [0.3, 0.4) is 0 Å². The van der Waals surface area contributed by atoms with Crippen LogP contribution in [0.15, 0.2) is 23.1 Å². The van der Waals surface area contributed by atoms with E-state index in [4.69, 9.17) is 11.5 Å². The predicted octanol–water partition coefficient (Wildman–Crippen LogP) is 0.340. The molecule has 0 aromatic heterocycles. The molecule has 0 aliphatic rings. The zero-order valence-electron chi connectivity index (χ0n) is 10.6. The molecule has 19 heavy (non-hydrogen) atoms. The summed E-state index contributed by atoms with van der Waals surface area (Å²) in [4.78, 5) is 10.6. The van der Waals surface area contributed by atoms with Crippen LogP contribution in [0.5, 0.6) is 0 Å². The van der Waals surface area contributed by atoms with Crippen LogP contribution in [-0.2, 0) is 14.8 Å². The second kappa shape index (κ2) is 5.14. The molecule has 0 unspecified atom stereocenters. The Morgan fingerprint density at radius 2 is 2.00 bits per heavy atom. The maximum Gasteiger partial charge on any atom is 0.243 e. The number of nitrogens with two attached hydrogens (primary N) is 2. The molecular weight excluding hydrogens is 273 g/mol. The van der Waals surface area contributed by atoms with E-state index in [1.165, 1.54) is 13.8 Å². The van der Waals surface area contributed by atoms with Crippen LogP contribution >= 0.6 is 0 Å². The van der Waals surface area contributed by atoms with Crippen molar-refractivity contribution in [1.82, 2.24) is 4.72 Å². The molecule has 1 aromatic carbocycles. The quantitative estimate of drug-likeness (QED) is 0.678. The normalized spacial score (nSPS) is 12.4. The van der Waals surface area contributed by atoms with Crippen molar-refractivity contribution in [2.75, 3.05) is 5.73 Å². The first-order chi connectivity index (χ1) is 8.53. The van der Waals surface area contributed by atoms with Gasteiger partial charge in [0.2, 0.25) is 15.9 Å². The minimum absolute atomic E-state index is 0.173. The van der Waals surface area contributed by atoms with Crippen LogP contribution in [0.4, 0.5) is 10.1 Å². The second-order valence-electron chi connectivity index (χ2n) is 4.81.